The first kappa shape index (κ1) is 15.8. The fourth-order valence-corrected chi connectivity index (χ4v) is 4.96. The van der Waals surface area contributed by atoms with E-state index in [1.54, 1.807) is 0 Å². The minimum absolute atomic E-state index is 1.19. The van der Waals surface area contributed by atoms with Gasteiger partial charge in [0.05, 0.1) is 16.6 Å². The molecule has 5 aromatic carbocycles. The van der Waals surface area contributed by atoms with Crippen molar-refractivity contribution in [3.63, 3.8) is 0 Å². The second-order valence-electron chi connectivity index (χ2n) is 7.94. The van der Waals surface area contributed by atoms with Gasteiger partial charge in [-0.1, -0.05) is 72.8 Å². The lowest BCUT2D eigenvalue weighted by Gasteiger charge is -2.07. The second kappa shape index (κ2) is 5.74. The van der Waals surface area contributed by atoms with Crippen LogP contribution < -0.4 is 0 Å². The van der Waals surface area contributed by atoms with Crippen LogP contribution in [0.5, 0.6) is 0 Å². The van der Waals surface area contributed by atoms with E-state index in [2.05, 4.69) is 113 Å². The van der Waals surface area contributed by atoms with Crippen LogP contribution in [0, 0.1) is 0 Å². The topological polar surface area (TPSA) is 20.7 Å². The summed E-state index contributed by atoms with van der Waals surface area (Å²) in [7, 11) is 0. The SMILES string of the molecule is c1ccc(-n2c3ccccc3c3cc4[nH]c5c6ccccc6ccc5c4cc32)cc1. The number of aromatic amines is 1. The maximum atomic E-state index is 3.72. The molecule has 0 aliphatic heterocycles. The molecule has 0 spiro atoms. The Kier molecular flexibility index (Phi) is 3.03. The maximum Gasteiger partial charge on any atom is 0.0548 e. The molecule has 0 saturated heterocycles. The fourth-order valence-electron chi connectivity index (χ4n) is 4.96. The minimum atomic E-state index is 1.19. The molecule has 0 bridgehead atoms. The zero-order chi connectivity index (χ0) is 19.7. The lowest BCUT2D eigenvalue weighted by Crippen LogP contribution is -1.92. The molecule has 0 unspecified atom stereocenters. The molecule has 0 aliphatic rings. The van der Waals surface area contributed by atoms with E-state index < -0.39 is 0 Å². The molecule has 7 rings (SSSR count). The van der Waals surface area contributed by atoms with Crippen molar-refractivity contribution in [1.29, 1.82) is 0 Å². The Morgan fingerprint density at radius 2 is 1.27 bits per heavy atom. The highest BCUT2D eigenvalue weighted by molar-refractivity contribution is 6.21. The number of fused-ring (bicyclic) bond motifs is 8. The van der Waals surface area contributed by atoms with Crippen molar-refractivity contribution >= 4 is 54.4 Å². The zero-order valence-corrected chi connectivity index (χ0v) is 16.3. The van der Waals surface area contributed by atoms with E-state index in [9.17, 15) is 0 Å². The number of para-hydroxylation sites is 2. The van der Waals surface area contributed by atoms with Crippen LogP contribution in [0.1, 0.15) is 0 Å². The molecule has 0 amide bonds. The molecule has 0 atom stereocenters. The molecule has 140 valence electrons. The number of nitrogens with one attached hydrogen (secondary N) is 1. The summed E-state index contributed by atoms with van der Waals surface area (Å²) in [5, 5.41) is 7.63. The van der Waals surface area contributed by atoms with Gasteiger partial charge in [0.25, 0.3) is 0 Å². The molecule has 0 fully saturated rings. The number of benzene rings is 5. The Hall–Kier alpha value is -4.04. The highest BCUT2D eigenvalue weighted by Gasteiger charge is 2.15. The number of aromatic nitrogens is 2. The van der Waals surface area contributed by atoms with Crippen molar-refractivity contribution in [1.82, 2.24) is 9.55 Å². The van der Waals surface area contributed by atoms with E-state index in [0.29, 0.717) is 0 Å². The normalized spacial score (nSPS) is 12.0. The monoisotopic (exact) mass is 382 g/mol. The Balaban J connectivity index is 1.69. The van der Waals surface area contributed by atoms with E-state index >= 15 is 0 Å². The largest absolute Gasteiger partial charge is 0.354 e. The third-order valence-electron chi connectivity index (χ3n) is 6.31. The molecule has 2 heterocycles. The van der Waals surface area contributed by atoms with Gasteiger partial charge in [-0.2, -0.15) is 0 Å². The van der Waals surface area contributed by atoms with Crippen molar-refractivity contribution in [3.05, 3.63) is 103 Å². The van der Waals surface area contributed by atoms with Crippen LogP contribution in [0.15, 0.2) is 103 Å². The molecule has 0 radical (unpaired) electrons. The van der Waals surface area contributed by atoms with Crippen LogP contribution in [-0.2, 0) is 0 Å². The first-order valence-corrected chi connectivity index (χ1v) is 10.3. The quantitative estimate of drug-likeness (QED) is 0.302. The maximum absolute atomic E-state index is 3.72. The van der Waals surface area contributed by atoms with Crippen LogP contribution in [0.25, 0.3) is 60.1 Å². The molecule has 2 nitrogen and oxygen atoms in total. The van der Waals surface area contributed by atoms with E-state index in [-0.39, 0.29) is 0 Å². The summed E-state index contributed by atoms with van der Waals surface area (Å²) in [6.07, 6.45) is 0. The zero-order valence-electron chi connectivity index (χ0n) is 16.3. The minimum Gasteiger partial charge on any atom is -0.354 e. The molecular formula is C28H18N2. The molecule has 0 saturated carbocycles. The highest BCUT2D eigenvalue weighted by Crippen LogP contribution is 2.38. The van der Waals surface area contributed by atoms with Gasteiger partial charge in [-0.25, -0.2) is 0 Å². The van der Waals surface area contributed by atoms with Crippen LogP contribution in [-0.4, -0.2) is 9.55 Å². The van der Waals surface area contributed by atoms with Gasteiger partial charge in [-0.15, -0.1) is 0 Å². The second-order valence-corrected chi connectivity index (χ2v) is 7.94. The summed E-state index contributed by atoms with van der Waals surface area (Å²) in [5.41, 5.74) is 6.06. The lowest BCUT2D eigenvalue weighted by atomic mass is 10.0. The van der Waals surface area contributed by atoms with Crippen LogP contribution in [0.2, 0.25) is 0 Å². The number of hydrogen-bond donors (Lipinski definition) is 1. The summed E-state index contributed by atoms with van der Waals surface area (Å²) < 4.78 is 2.38. The number of rotatable bonds is 1. The van der Waals surface area contributed by atoms with Crippen molar-refractivity contribution < 1.29 is 0 Å². The number of hydrogen-bond acceptors (Lipinski definition) is 0. The van der Waals surface area contributed by atoms with Gasteiger partial charge < -0.3 is 9.55 Å². The first-order chi connectivity index (χ1) is 14.9. The Bertz CT molecular complexity index is 1730. The standard InChI is InChI=1S/C28H18N2/c1-2-9-19(10-3-1)30-26-13-7-6-12-21(26)24-16-25-23(17-27(24)30)22-15-14-18-8-4-5-11-20(18)28(22)29-25/h1-17,29H. The predicted octanol–water partition coefficient (Wildman–Crippen LogP) is 7.57. The Morgan fingerprint density at radius 1 is 0.500 bits per heavy atom. The van der Waals surface area contributed by atoms with E-state index in [1.165, 1.54) is 60.1 Å². The summed E-state index contributed by atoms with van der Waals surface area (Å²) in [5.74, 6) is 0. The van der Waals surface area contributed by atoms with Gasteiger partial charge in [-0.3, -0.25) is 0 Å². The average molecular weight is 382 g/mol. The van der Waals surface area contributed by atoms with Crippen molar-refractivity contribution in [2.24, 2.45) is 0 Å². The molecule has 2 heteroatoms. The van der Waals surface area contributed by atoms with E-state index in [1.807, 2.05) is 0 Å². The number of H-pyrrole nitrogens is 1. The highest BCUT2D eigenvalue weighted by atomic mass is 15.0. The van der Waals surface area contributed by atoms with Gasteiger partial charge in [-0.05, 0) is 35.7 Å². The van der Waals surface area contributed by atoms with Crippen LogP contribution >= 0.6 is 0 Å². The molecular weight excluding hydrogens is 364 g/mol. The van der Waals surface area contributed by atoms with Crippen LogP contribution in [0.4, 0.5) is 0 Å². The van der Waals surface area contributed by atoms with Gasteiger partial charge in [0.1, 0.15) is 0 Å². The van der Waals surface area contributed by atoms with Crippen molar-refractivity contribution in [2.75, 3.05) is 0 Å². The average Bonchev–Trinajstić information content (AvgIpc) is 3.33. The summed E-state index contributed by atoms with van der Waals surface area (Å²) >= 11 is 0. The van der Waals surface area contributed by atoms with Crippen molar-refractivity contribution in [2.45, 2.75) is 0 Å². The Morgan fingerprint density at radius 3 is 2.17 bits per heavy atom. The summed E-state index contributed by atoms with van der Waals surface area (Å²) in [4.78, 5) is 3.72. The molecule has 2 aromatic heterocycles. The lowest BCUT2D eigenvalue weighted by molar-refractivity contribution is 1.18. The van der Waals surface area contributed by atoms with Crippen molar-refractivity contribution in [3.8, 4) is 5.69 Å². The van der Waals surface area contributed by atoms with E-state index in [4.69, 9.17) is 0 Å². The van der Waals surface area contributed by atoms with E-state index in [0.717, 1.165) is 0 Å². The molecule has 0 aliphatic carbocycles. The summed E-state index contributed by atoms with van der Waals surface area (Å²) in [6.45, 7) is 0. The molecule has 1 N–H and O–H groups in total. The fraction of sp³-hybridized carbons (Fsp3) is 0. The smallest absolute Gasteiger partial charge is 0.0548 e. The predicted molar refractivity (Wildman–Crippen MR) is 128 cm³/mol. The summed E-state index contributed by atoms with van der Waals surface area (Å²) in [6, 6.07) is 37.0. The number of nitrogens with zero attached hydrogens (tertiary/aromatic N) is 1. The first-order valence-electron chi connectivity index (χ1n) is 10.3. The van der Waals surface area contributed by atoms with Gasteiger partial charge >= 0.3 is 0 Å². The van der Waals surface area contributed by atoms with Gasteiger partial charge in [0, 0.05) is 38.1 Å². The molecule has 30 heavy (non-hydrogen) atoms. The van der Waals surface area contributed by atoms with Gasteiger partial charge in [0.15, 0.2) is 0 Å². The molecule has 7 aromatic rings. The third kappa shape index (κ3) is 2.03. The van der Waals surface area contributed by atoms with Gasteiger partial charge in [0.2, 0.25) is 0 Å². The third-order valence-corrected chi connectivity index (χ3v) is 6.31. The van der Waals surface area contributed by atoms with Crippen LogP contribution in [0.3, 0.4) is 0 Å². The Labute approximate surface area is 173 Å².